The van der Waals surface area contributed by atoms with Gasteiger partial charge < -0.3 is 10.2 Å². The maximum atomic E-state index is 13.1. The number of nitrogens with one attached hydrogen (secondary N) is 1. The van der Waals surface area contributed by atoms with Gasteiger partial charge in [-0.3, -0.25) is 9.59 Å². The summed E-state index contributed by atoms with van der Waals surface area (Å²) in [5.41, 5.74) is 5.33. The molecule has 1 saturated carbocycles. The first kappa shape index (κ1) is 17.8. The van der Waals surface area contributed by atoms with Gasteiger partial charge in [0.2, 0.25) is 11.8 Å². The van der Waals surface area contributed by atoms with E-state index in [2.05, 4.69) is 25.2 Å². The topological polar surface area (TPSA) is 49.4 Å². The molecule has 3 unspecified atom stereocenters. The molecule has 0 aromatic heterocycles. The van der Waals surface area contributed by atoms with E-state index >= 15 is 0 Å². The van der Waals surface area contributed by atoms with Gasteiger partial charge in [0.15, 0.2) is 0 Å². The molecule has 2 amide bonds. The first-order valence-corrected chi connectivity index (χ1v) is 9.81. The van der Waals surface area contributed by atoms with E-state index in [1.165, 1.54) is 5.56 Å². The third kappa shape index (κ3) is 3.14. The maximum absolute atomic E-state index is 13.1. The van der Waals surface area contributed by atoms with E-state index in [9.17, 15) is 9.59 Å². The van der Waals surface area contributed by atoms with Crippen LogP contribution >= 0.6 is 0 Å². The van der Waals surface area contributed by atoms with Gasteiger partial charge in [-0.05, 0) is 55.9 Å². The third-order valence-corrected chi connectivity index (χ3v) is 5.88. The quantitative estimate of drug-likeness (QED) is 0.890. The van der Waals surface area contributed by atoms with E-state index in [0.29, 0.717) is 6.42 Å². The van der Waals surface area contributed by atoms with Crippen molar-refractivity contribution in [1.29, 1.82) is 0 Å². The number of rotatable bonds is 4. The van der Waals surface area contributed by atoms with Gasteiger partial charge in [-0.15, -0.1) is 0 Å². The molecule has 1 aliphatic carbocycles. The van der Waals surface area contributed by atoms with E-state index in [-0.39, 0.29) is 29.7 Å². The smallest absolute Gasteiger partial charge is 0.231 e. The zero-order valence-electron chi connectivity index (χ0n) is 16.2. The Kier molecular flexibility index (Phi) is 4.50. The van der Waals surface area contributed by atoms with Gasteiger partial charge in [-0.1, -0.05) is 43.3 Å². The van der Waals surface area contributed by atoms with Crippen molar-refractivity contribution in [1.82, 2.24) is 0 Å². The molecule has 2 aromatic carbocycles. The standard InChI is InChI=1S/C23H26N2O2/c1-4-16-10-7-8-14(2)21(16)24-22(26)18-13-19(18)23(27)25-15(3)12-17-9-5-6-11-20(17)25/h5-11,15,18-19H,4,12-13H2,1-3H3,(H,24,26). The fraction of sp³-hybridized carbons (Fsp3) is 0.391. The number of aryl methyl sites for hydroxylation is 2. The molecule has 2 aliphatic rings. The lowest BCUT2D eigenvalue weighted by atomic mass is 10.1. The van der Waals surface area contributed by atoms with Gasteiger partial charge in [0.05, 0.1) is 11.8 Å². The number of anilines is 2. The van der Waals surface area contributed by atoms with Crippen LogP contribution < -0.4 is 10.2 Å². The lowest BCUT2D eigenvalue weighted by molar-refractivity contribution is -0.123. The Bertz CT molecular complexity index is 905. The van der Waals surface area contributed by atoms with Crippen molar-refractivity contribution in [2.24, 2.45) is 11.8 Å². The average Bonchev–Trinajstić information content (AvgIpc) is 3.39. The average molecular weight is 362 g/mol. The minimum atomic E-state index is -0.221. The van der Waals surface area contributed by atoms with Gasteiger partial charge in [-0.2, -0.15) is 0 Å². The number of amides is 2. The van der Waals surface area contributed by atoms with Crippen LogP contribution in [0.3, 0.4) is 0 Å². The molecule has 3 atom stereocenters. The highest BCUT2D eigenvalue weighted by molar-refractivity contribution is 6.05. The Morgan fingerprint density at radius 3 is 2.67 bits per heavy atom. The van der Waals surface area contributed by atoms with E-state index in [1.807, 2.05) is 48.2 Å². The Hall–Kier alpha value is -2.62. The monoisotopic (exact) mass is 362 g/mol. The number of carbonyl (C=O) groups is 2. The van der Waals surface area contributed by atoms with Crippen LogP contribution in [0, 0.1) is 18.8 Å². The molecule has 0 radical (unpaired) electrons. The second-order valence-corrected chi connectivity index (χ2v) is 7.79. The minimum absolute atomic E-state index is 0.0301. The summed E-state index contributed by atoms with van der Waals surface area (Å²) >= 11 is 0. The van der Waals surface area contributed by atoms with Crippen molar-refractivity contribution in [2.45, 2.75) is 46.1 Å². The molecule has 1 aliphatic heterocycles. The lowest BCUT2D eigenvalue weighted by Crippen LogP contribution is -2.37. The van der Waals surface area contributed by atoms with E-state index < -0.39 is 0 Å². The number of nitrogens with zero attached hydrogens (tertiary/aromatic N) is 1. The van der Waals surface area contributed by atoms with Crippen molar-refractivity contribution in [3.63, 3.8) is 0 Å². The fourth-order valence-corrected chi connectivity index (χ4v) is 4.26. The van der Waals surface area contributed by atoms with Crippen LogP contribution in [0.15, 0.2) is 42.5 Å². The number of hydrogen-bond acceptors (Lipinski definition) is 2. The van der Waals surface area contributed by atoms with Gasteiger partial charge in [0.1, 0.15) is 0 Å². The molecule has 4 rings (SSSR count). The summed E-state index contributed by atoms with van der Waals surface area (Å²) in [4.78, 5) is 27.8. The molecular weight excluding hydrogens is 336 g/mol. The second-order valence-electron chi connectivity index (χ2n) is 7.79. The highest BCUT2D eigenvalue weighted by atomic mass is 16.2. The number of carbonyl (C=O) groups excluding carboxylic acids is 2. The number of hydrogen-bond donors (Lipinski definition) is 1. The van der Waals surface area contributed by atoms with Crippen LogP contribution in [0.25, 0.3) is 0 Å². The first-order valence-electron chi connectivity index (χ1n) is 9.81. The Morgan fingerprint density at radius 2 is 1.89 bits per heavy atom. The largest absolute Gasteiger partial charge is 0.325 e. The molecule has 1 fully saturated rings. The second kappa shape index (κ2) is 6.84. The van der Waals surface area contributed by atoms with Crippen LogP contribution in [0.1, 0.15) is 37.0 Å². The van der Waals surface area contributed by atoms with Gasteiger partial charge in [-0.25, -0.2) is 0 Å². The van der Waals surface area contributed by atoms with E-state index in [4.69, 9.17) is 0 Å². The Labute approximate surface area is 160 Å². The molecule has 4 heteroatoms. The molecule has 0 bridgehead atoms. The van der Waals surface area contributed by atoms with E-state index in [0.717, 1.165) is 35.3 Å². The Morgan fingerprint density at radius 1 is 1.11 bits per heavy atom. The van der Waals surface area contributed by atoms with Crippen LogP contribution in [0.4, 0.5) is 11.4 Å². The highest BCUT2D eigenvalue weighted by Crippen LogP contribution is 2.44. The zero-order valence-corrected chi connectivity index (χ0v) is 16.2. The van der Waals surface area contributed by atoms with Crippen molar-refractivity contribution in [2.75, 3.05) is 10.2 Å². The van der Waals surface area contributed by atoms with Crippen LogP contribution in [-0.4, -0.2) is 17.9 Å². The van der Waals surface area contributed by atoms with Gasteiger partial charge >= 0.3 is 0 Å². The molecule has 2 aromatic rings. The fourth-order valence-electron chi connectivity index (χ4n) is 4.26. The number of benzene rings is 2. The summed E-state index contributed by atoms with van der Waals surface area (Å²) < 4.78 is 0. The lowest BCUT2D eigenvalue weighted by Gasteiger charge is -2.23. The summed E-state index contributed by atoms with van der Waals surface area (Å²) in [6, 6.07) is 14.3. The molecule has 27 heavy (non-hydrogen) atoms. The van der Waals surface area contributed by atoms with Crippen LogP contribution in [-0.2, 0) is 22.4 Å². The number of para-hydroxylation sites is 2. The molecule has 1 heterocycles. The summed E-state index contributed by atoms with van der Waals surface area (Å²) in [7, 11) is 0. The van der Waals surface area contributed by atoms with E-state index in [1.54, 1.807) is 0 Å². The summed E-state index contributed by atoms with van der Waals surface area (Å²) in [6.45, 7) is 6.17. The zero-order chi connectivity index (χ0) is 19.1. The predicted molar refractivity (Wildman–Crippen MR) is 108 cm³/mol. The first-order chi connectivity index (χ1) is 13.0. The van der Waals surface area contributed by atoms with Crippen LogP contribution in [0.2, 0.25) is 0 Å². The molecule has 4 nitrogen and oxygen atoms in total. The molecule has 140 valence electrons. The third-order valence-electron chi connectivity index (χ3n) is 5.88. The summed E-state index contributed by atoms with van der Waals surface area (Å²) in [5.74, 6) is -0.361. The van der Waals surface area contributed by atoms with Crippen molar-refractivity contribution in [3.8, 4) is 0 Å². The highest BCUT2D eigenvalue weighted by Gasteiger charge is 2.51. The molecule has 0 saturated heterocycles. The van der Waals surface area contributed by atoms with Crippen molar-refractivity contribution in [3.05, 3.63) is 59.2 Å². The van der Waals surface area contributed by atoms with Gasteiger partial charge in [0, 0.05) is 17.4 Å². The molecule has 1 N–H and O–H groups in total. The van der Waals surface area contributed by atoms with Crippen molar-refractivity contribution >= 4 is 23.2 Å². The molecule has 0 spiro atoms. The normalized spacial score (nSPS) is 23.1. The number of fused-ring (bicyclic) bond motifs is 1. The van der Waals surface area contributed by atoms with Crippen molar-refractivity contribution < 1.29 is 9.59 Å². The SMILES string of the molecule is CCc1cccc(C)c1NC(=O)C1CC1C(=O)N1c2ccccc2CC1C. The predicted octanol–water partition coefficient (Wildman–Crippen LogP) is 4.11. The Balaban J connectivity index is 1.47. The minimum Gasteiger partial charge on any atom is -0.325 e. The van der Waals surface area contributed by atoms with Gasteiger partial charge in [0.25, 0.3) is 0 Å². The maximum Gasteiger partial charge on any atom is 0.231 e. The summed E-state index contributed by atoms with van der Waals surface area (Å²) in [5, 5.41) is 3.09. The summed E-state index contributed by atoms with van der Waals surface area (Å²) in [6.07, 6.45) is 2.39. The molecular formula is C23H26N2O2. The van der Waals surface area contributed by atoms with Crippen LogP contribution in [0.5, 0.6) is 0 Å².